The predicted octanol–water partition coefficient (Wildman–Crippen LogP) is 1.77. The summed E-state index contributed by atoms with van der Waals surface area (Å²) in [6, 6.07) is 2.56. The van der Waals surface area contributed by atoms with Gasteiger partial charge >= 0.3 is 0 Å². The molecule has 9 heteroatoms. The van der Waals surface area contributed by atoms with Gasteiger partial charge in [-0.25, -0.2) is 8.42 Å². The van der Waals surface area contributed by atoms with Gasteiger partial charge < -0.3 is 14.4 Å². The second-order valence-corrected chi connectivity index (χ2v) is 9.07. The molecule has 0 aromatic heterocycles. The molecule has 3 aliphatic heterocycles. The lowest BCUT2D eigenvalue weighted by Crippen LogP contribution is -2.48. The van der Waals surface area contributed by atoms with Crippen molar-refractivity contribution in [3.63, 3.8) is 0 Å². The normalized spacial score (nSPS) is 28.5. The zero-order valence-corrected chi connectivity index (χ0v) is 16.3. The number of carbonyl (C=O) groups excluding carboxylic acids is 1. The van der Waals surface area contributed by atoms with Crippen molar-refractivity contribution in [3.05, 3.63) is 22.7 Å². The number of sulfonamides is 1. The first kappa shape index (κ1) is 18.0. The van der Waals surface area contributed by atoms with E-state index in [1.807, 2.05) is 0 Å². The number of ether oxygens (including phenoxy) is 2. The van der Waals surface area contributed by atoms with Gasteiger partial charge in [0.15, 0.2) is 5.72 Å². The molecule has 3 fully saturated rings. The second kappa shape index (κ2) is 6.09. The highest BCUT2D eigenvalue weighted by Crippen LogP contribution is 2.48. The van der Waals surface area contributed by atoms with E-state index in [1.54, 1.807) is 24.8 Å². The number of aryl methyl sites for hydroxylation is 1. The number of rotatable bonds is 4. The molecule has 0 radical (unpaired) electrons. The van der Waals surface area contributed by atoms with E-state index in [1.165, 1.54) is 10.4 Å². The molecule has 0 bridgehead atoms. The Kier molecular flexibility index (Phi) is 4.22. The van der Waals surface area contributed by atoms with Crippen LogP contribution in [0.3, 0.4) is 0 Å². The molecule has 4 rings (SSSR count). The molecular formula is C17H21ClN2O5S. The molecular weight excluding hydrogens is 380 g/mol. The number of hydrogen-bond donors (Lipinski definition) is 0. The van der Waals surface area contributed by atoms with Crippen LogP contribution in [0.2, 0.25) is 5.02 Å². The minimum atomic E-state index is -3.89. The average molecular weight is 401 g/mol. The van der Waals surface area contributed by atoms with Crippen LogP contribution in [-0.4, -0.2) is 61.6 Å². The fourth-order valence-corrected chi connectivity index (χ4v) is 6.30. The van der Waals surface area contributed by atoms with Gasteiger partial charge in [0.1, 0.15) is 10.6 Å². The van der Waals surface area contributed by atoms with Gasteiger partial charge in [0.25, 0.3) is 0 Å². The van der Waals surface area contributed by atoms with Crippen LogP contribution in [0.15, 0.2) is 17.0 Å². The van der Waals surface area contributed by atoms with E-state index in [-0.39, 0.29) is 23.0 Å². The molecule has 142 valence electrons. The first-order valence-electron chi connectivity index (χ1n) is 8.70. The van der Waals surface area contributed by atoms with Crippen molar-refractivity contribution in [2.75, 3.05) is 26.3 Å². The van der Waals surface area contributed by atoms with Gasteiger partial charge in [-0.2, -0.15) is 4.31 Å². The SMILES string of the molecule is CCOc1cc(C)c(Cl)cc1S(=O)(=O)N1CC[C@@]23OCCN2C(=O)C[C@@H]13. The quantitative estimate of drug-likeness (QED) is 0.769. The Morgan fingerprint density at radius 2 is 2.15 bits per heavy atom. The number of halogens is 1. The molecule has 3 heterocycles. The molecule has 2 atom stereocenters. The van der Waals surface area contributed by atoms with Crippen molar-refractivity contribution in [1.29, 1.82) is 0 Å². The van der Waals surface area contributed by atoms with E-state index >= 15 is 0 Å². The fourth-order valence-electron chi connectivity index (χ4n) is 4.28. The monoisotopic (exact) mass is 400 g/mol. The molecule has 3 saturated heterocycles. The van der Waals surface area contributed by atoms with Gasteiger partial charge in [-0.3, -0.25) is 4.79 Å². The van der Waals surface area contributed by atoms with Gasteiger partial charge in [0.05, 0.1) is 19.3 Å². The van der Waals surface area contributed by atoms with Gasteiger partial charge in [-0.1, -0.05) is 11.6 Å². The Balaban J connectivity index is 1.77. The van der Waals surface area contributed by atoms with E-state index in [2.05, 4.69) is 0 Å². The topological polar surface area (TPSA) is 76.2 Å². The maximum atomic E-state index is 13.4. The summed E-state index contributed by atoms with van der Waals surface area (Å²) >= 11 is 6.20. The standard InChI is InChI=1S/C17H21ClN2O5S/c1-3-24-13-8-11(2)12(18)9-14(13)26(22,23)20-5-4-17-15(20)10-16(21)19(17)6-7-25-17/h8-9,15H,3-7,10H2,1-2H3/t15-,17+/m1/s1. The van der Waals surface area contributed by atoms with Crippen LogP contribution in [0.25, 0.3) is 0 Å². The Hall–Kier alpha value is -1.35. The third kappa shape index (κ3) is 2.39. The summed E-state index contributed by atoms with van der Waals surface area (Å²) in [6.07, 6.45) is 0.620. The maximum Gasteiger partial charge on any atom is 0.247 e. The zero-order valence-electron chi connectivity index (χ0n) is 14.7. The minimum Gasteiger partial charge on any atom is -0.492 e. The molecule has 0 saturated carbocycles. The Labute approximate surface area is 157 Å². The van der Waals surface area contributed by atoms with Crippen LogP contribution in [0, 0.1) is 6.92 Å². The number of amides is 1. The van der Waals surface area contributed by atoms with Crippen LogP contribution < -0.4 is 4.74 Å². The van der Waals surface area contributed by atoms with Gasteiger partial charge in [0.2, 0.25) is 15.9 Å². The van der Waals surface area contributed by atoms with E-state index in [0.29, 0.717) is 37.7 Å². The highest BCUT2D eigenvalue weighted by molar-refractivity contribution is 7.89. The fraction of sp³-hybridized carbons (Fsp3) is 0.588. The summed E-state index contributed by atoms with van der Waals surface area (Å²) in [7, 11) is -3.89. The molecule has 1 aromatic rings. The lowest BCUT2D eigenvalue weighted by Gasteiger charge is -2.31. The van der Waals surface area contributed by atoms with Crippen LogP contribution in [0.1, 0.15) is 25.3 Å². The number of benzene rings is 1. The van der Waals surface area contributed by atoms with Crippen molar-refractivity contribution in [2.45, 2.75) is 43.4 Å². The number of nitrogens with zero attached hydrogens (tertiary/aromatic N) is 2. The van der Waals surface area contributed by atoms with Crippen molar-refractivity contribution in [1.82, 2.24) is 9.21 Å². The summed E-state index contributed by atoms with van der Waals surface area (Å²) in [5.74, 6) is 0.225. The summed E-state index contributed by atoms with van der Waals surface area (Å²) in [5.41, 5.74) is -0.0713. The Bertz CT molecular complexity index is 874. The van der Waals surface area contributed by atoms with Crippen LogP contribution in [-0.2, 0) is 19.6 Å². The van der Waals surface area contributed by atoms with Crippen LogP contribution in [0.4, 0.5) is 0 Å². The van der Waals surface area contributed by atoms with Crippen molar-refractivity contribution in [3.8, 4) is 5.75 Å². The number of carbonyl (C=O) groups is 1. The molecule has 1 aromatic carbocycles. The smallest absolute Gasteiger partial charge is 0.247 e. The largest absolute Gasteiger partial charge is 0.492 e. The van der Waals surface area contributed by atoms with Gasteiger partial charge in [-0.05, 0) is 31.5 Å². The molecule has 1 amide bonds. The maximum absolute atomic E-state index is 13.4. The molecule has 1 spiro atoms. The summed E-state index contributed by atoms with van der Waals surface area (Å²) in [5, 5.41) is 0.363. The molecule has 7 nitrogen and oxygen atoms in total. The number of hydrogen-bond acceptors (Lipinski definition) is 5. The first-order valence-corrected chi connectivity index (χ1v) is 10.5. The second-order valence-electron chi connectivity index (χ2n) is 6.81. The lowest BCUT2D eigenvalue weighted by molar-refractivity contribution is -0.136. The first-order chi connectivity index (χ1) is 12.3. The Morgan fingerprint density at radius 1 is 1.38 bits per heavy atom. The minimum absolute atomic E-state index is 0.0379. The molecule has 0 N–H and O–H groups in total. The Morgan fingerprint density at radius 3 is 2.88 bits per heavy atom. The van der Waals surface area contributed by atoms with Gasteiger partial charge in [-0.15, -0.1) is 0 Å². The lowest BCUT2D eigenvalue weighted by atomic mass is 10.1. The highest BCUT2D eigenvalue weighted by Gasteiger charge is 2.64. The molecule has 0 unspecified atom stereocenters. The molecule has 26 heavy (non-hydrogen) atoms. The van der Waals surface area contributed by atoms with E-state index in [0.717, 1.165) is 5.56 Å². The van der Waals surface area contributed by atoms with Gasteiger partial charge in [0, 0.05) is 31.0 Å². The highest BCUT2D eigenvalue weighted by atomic mass is 35.5. The van der Waals surface area contributed by atoms with Crippen LogP contribution in [0.5, 0.6) is 5.75 Å². The molecule has 0 aliphatic carbocycles. The third-order valence-corrected chi connectivity index (χ3v) is 7.80. The summed E-state index contributed by atoms with van der Waals surface area (Å²) < 4.78 is 39.7. The third-order valence-electron chi connectivity index (χ3n) is 5.46. The van der Waals surface area contributed by atoms with E-state index in [9.17, 15) is 13.2 Å². The van der Waals surface area contributed by atoms with Crippen LogP contribution >= 0.6 is 11.6 Å². The molecule has 3 aliphatic rings. The summed E-state index contributed by atoms with van der Waals surface area (Å²) in [6.45, 7) is 5.19. The summed E-state index contributed by atoms with van der Waals surface area (Å²) in [4.78, 5) is 14.1. The van der Waals surface area contributed by atoms with Crippen molar-refractivity contribution < 1.29 is 22.7 Å². The zero-order chi connectivity index (χ0) is 18.7. The van der Waals surface area contributed by atoms with Crippen molar-refractivity contribution in [2.24, 2.45) is 0 Å². The van der Waals surface area contributed by atoms with E-state index in [4.69, 9.17) is 21.1 Å². The van der Waals surface area contributed by atoms with E-state index < -0.39 is 21.8 Å². The van der Waals surface area contributed by atoms with Crippen molar-refractivity contribution >= 4 is 27.5 Å². The average Bonchev–Trinajstić information content (AvgIpc) is 3.22. The predicted molar refractivity (Wildman–Crippen MR) is 94.7 cm³/mol.